The van der Waals surface area contributed by atoms with Crippen LogP contribution in [-0.4, -0.2) is 33.1 Å². The van der Waals surface area contributed by atoms with Crippen molar-refractivity contribution in [2.75, 3.05) is 17.2 Å². The number of carbonyl (C=O) groups excluding carboxylic acids is 3. The molecule has 1 aromatic heterocycles. The van der Waals surface area contributed by atoms with Crippen molar-refractivity contribution in [1.82, 2.24) is 8.75 Å². The summed E-state index contributed by atoms with van der Waals surface area (Å²) in [5, 5.41) is 6.98. The van der Waals surface area contributed by atoms with Gasteiger partial charge in [-0.05, 0) is 35.0 Å². The third-order valence-corrected chi connectivity index (χ3v) is 4.85. The molecule has 0 fully saturated rings. The molecule has 4 aromatic rings. The highest BCUT2D eigenvalue weighted by Crippen LogP contribution is 2.25. The van der Waals surface area contributed by atoms with E-state index in [0.717, 1.165) is 22.5 Å². The largest absolute Gasteiger partial charge is 0.452 e. The number of carbonyl (C=O) groups is 3. The van der Waals surface area contributed by atoms with Crippen molar-refractivity contribution in [2.24, 2.45) is 0 Å². The molecule has 0 saturated heterocycles. The second-order valence-corrected chi connectivity index (χ2v) is 7.02. The SMILES string of the molecule is CC(=O)Nc1cc2ccccc2cc1C(=O)OCC(=O)Nc1cccc2nsnc12. The standard InChI is InChI=1S/C21H16N4O4S/c1-12(26)22-18-10-14-6-3-2-5-13(14)9-15(18)21(28)29-11-19(27)23-16-7-4-8-17-20(16)25-30-24-17/h2-10H,11H2,1H3,(H,22,26)(H,23,27). The van der Waals surface area contributed by atoms with Crippen molar-refractivity contribution >= 4 is 62.7 Å². The fourth-order valence-corrected chi connectivity index (χ4v) is 3.55. The Morgan fingerprint density at radius 3 is 2.47 bits per heavy atom. The van der Waals surface area contributed by atoms with E-state index in [4.69, 9.17) is 4.74 Å². The van der Waals surface area contributed by atoms with Crippen LogP contribution in [0.25, 0.3) is 21.8 Å². The number of amides is 2. The highest BCUT2D eigenvalue weighted by molar-refractivity contribution is 7.00. The van der Waals surface area contributed by atoms with Crippen LogP contribution < -0.4 is 10.6 Å². The molecule has 150 valence electrons. The summed E-state index contributed by atoms with van der Waals surface area (Å²) in [5.41, 5.74) is 2.23. The van der Waals surface area contributed by atoms with E-state index in [0.29, 0.717) is 22.4 Å². The summed E-state index contributed by atoms with van der Waals surface area (Å²) in [7, 11) is 0. The van der Waals surface area contributed by atoms with Gasteiger partial charge in [0.2, 0.25) is 5.91 Å². The van der Waals surface area contributed by atoms with E-state index in [1.54, 1.807) is 30.3 Å². The molecule has 0 saturated carbocycles. The number of aromatic nitrogens is 2. The summed E-state index contributed by atoms with van der Waals surface area (Å²) in [5.74, 6) is -1.54. The van der Waals surface area contributed by atoms with Gasteiger partial charge in [-0.1, -0.05) is 30.3 Å². The lowest BCUT2D eigenvalue weighted by Gasteiger charge is -2.12. The molecular weight excluding hydrogens is 404 g/mol. The van der Waals surface area contributed by atoms with Crippen molar-refractivity contribution in [2.45, 2.75) is 6.92 Å². The van der Waals surface area contributed by atoms with Gasteiger partial charge >= 0.3 is 5.97 Å². The second kappa shape index (κ2) is 8.26. The van der Waals surface area contributed by atoms with Crippen LogP contribution in [0.3, 0.4) is 0 Å². The van der Waals surface area contributed by atoms with Crippen LogP contribution in [0.2, 0.25) is 0 Å². The molecule has 8 nitrogen and oxygen atoms in total. The maximum atomic E-state index is 12.6. The van der Waals surface area contributed by atoms with Crippen LogP contribution in [0.5, 0.6) is 0 Å². The maximum Gasteiger partial charge on any atom is 0.340 e. The minimum Gasteiger partial charge on any atom is -0.452 e. The fourth-order valence-electron chi connectivity index (χ4n) is 3.00. The molecule has 2 N–H and O–H groups in total. The van der Waals surface area contributed by atoms with Crippen LogP contribution in [0.1, 0.15) is 17.3 Å². The first-order valence-corrected chi connectivity index (χ1v) is 9.73. The van der Waals surface area contributed by atoms with Crippen molar-refractivity contribution in [3.63, 3.8) is 0 Å². The number of fused-ring (bicyclic) bond motifs is 2. The minimum atomic E-state index is -0.715. The highest BCUT2D eigenvalue weighted by Gasteiger charge is 2.17. The molecule has 0 bridgehead atoms. The van der Waals surface area contributed by atoms with Crippen molar-refractivity contribution in [1.29, 1.82) is 0 Å². The minimum absolute atomic E-state index is 0.169. The Kier molecular flexibility index (Phi) is 5.36. The number of ether oxygens (including phenoxy) is 1. The van der Waals surface area contributed by atoms with Gasteiger partial charge in [0.15, 0.2) is 6.61 Å². The van der Waals surface area contributed by atoms with Gasteiger partial charge < -0.3 is 15.4 Å². The van der Waals surface area contributed by atoms with Gasteiger partial charge in [-0.3, -0.25) is 9.59 Å². The molecule has 30 heavy (non-hydrogen) atoms. The van der Waals surface area contributed by atoms with E-state index in [1.165, 1.54) is 6.92 Å². The average molecular weight is 420 g/mol. The third-order valence-electron chi connectivity index (χ3n) is 4.31. The smallest absolute Gasteiger partial charge is 0.340 e. The quantitative estimate of drug-likeness (QED) is 0.478. The van der Waals surface area contributed by atoms with Crippen LogP contribution >= 0.6 is 11.7 Å². The van der Waals surface area contributed by atoms with Crippen LogP contribution in [0, 0.1) is 0 Å². The van der Waals surface area contributed by atoms with Crippen LogP contribution in [0.15, 0.2) is 54.6 Å². The number of esters is 1. The zero-order chi connectivity index (χ0) is 21.1. The van der Waals surface area contributed by atoms with E-state index in [-0.39, 0.29) is 11.5 Å². The molecule has 0 radical (unpaired) electrons. The molecule has 0 aliphatic heterocycles. The number of benzene rings is 3. The van der Waals surface area contributed by atoms with Crippen LogP contribution in [-0.2, 0) is 14.3 Å². The number of rotatable bonds is 5. The van der Waals surface area contributed by atoms with E-state index < -0.39 is 18.5 Å². The second-order valence-electron chi connectivity index (χ2n) is 6.49. The van der Waals surface area contributed by atoms with E-state index >= 15 is 0 Å². The molecule has 4 rings (SSSR count). The van der Waals surface area contributed by atoms with Crippen molar-refractivity contribution in [3.8, 4) is 0 Å². The van der Waals surface area contributed by atoms with E-state index in [1.807, 2.05) is 24.3 Å². The monoisotopic (exact) mass is 420 g/mol. The predicted octanol–water partition coefficient (Wildman–Crippen LogP) is 3.60. The number of hydrogen-bond acceptors (Lipinski definition) is 7. The molecule has 0 spiro atoms. The first kappa shape index (κ1) is 19.5. The summed E-state index contributed by atoms with van der Waals surface area (Å²) in [4.78, 5) is 36.5. The maximum absolute atomic E-state index is 12.6. The fraction of sp³-hybridized carbons (Fsp3) is 0.0952. The summed E-state index contributed by atoms with van der Waals surface area (Å²) >= 11 is 1.05. The number of nitrogens with one attached hydrogen (secondary N) is 2. The molecular formula is C21H16N4O4S. The summed E-state index contributed by atoms with van der Waals surface area (Å²) in [6.45, 7) is 0.866. The van der Waals surface area contributed by atoms with Gasteiger partial charge in [0.1, 0.15) is 11.0 Å². The van der Waals surface area contributed by atoms with Crippen molar-refractivity contribution in [3.05, 3.63) is 60.2 Å². The summed E-state index contributed by atoms with van der Waals surface area (Å²) in [6.07, 6.45) is 0. The van der Waals surface area contributed by atoms with Gasteiger partial charge in [-0.2, -0.15) is 8.75 Å². The first-order valence-electron chi connectivity index (χ1n) is 9.00. The average Bonchev–Trinajstić information content (AvgIpc) is 3.21. The normalized spacial score (nSPS) is 10.7. The van der Waals surface area contributed by atoms with E-state index in [2.05, 4.69) is 19.4 Å². The van der Waals surface area contributed by atoms with E-state index in [9.17, 15) is 14.4 Å². The molecule has 9 heteroatoms. The summed E-state index contributed by atoms with van der Waals surface area (Å²) in [6, 6.07) is 16.0. The lowest BCUT2D eigenvalue weighted by molar-refractivity contribution is -0.119. The van der Waals surface area contributed by atoms with Gasteiger partial charge in [-0.15, -0.1) is 0 Å². The lowest BCUT2D eigenvalue weighted by atomic mass is 10.0. The third kappa shape index (κ3) is 4.11. The zero-order valence-electron chi connectivity index (χ0n) is 15.8. The van der Waals surface area contributed by atoms with Crippen molar-refractivity contribution < 1.29 is 19.1 Å². The Bertz CT molecular complexity index is 1280. The lowest BCUT2D eigenvalue weighted by Crippen LogP contribution is -2.22. The molecule has 2 amide bonds. The van der Waals surface area contributed by atoms with Gasteiger partial charge in [0.05, 0.1) is 28.7 Å². The molecule has 0 aliphatic carbocycles. The Balaban J connectivity index is 1.50. The Labute approximate surface area is 175 Å². The van der Waals surface area contributed by atoms with Crippen LogP contribution in [0.4, 0.5) is 11.4 Å². The molecule has 1 heterocycles. The molecule has 3 aromatic carbocycles. The number of hydrogen-bond donors (Lipinski definition) is 2. The predicted molar refractivity (Wildman–Crippen MR) is 115 cm³/mol. The topological polar surface area (TPSA) is 110 Å². The highest BCUT2D eigenvalue weighted by atomic mass is 32.1. The number of nitrogens with zero attached hydrogens (tertiary/aromatic N) is 2. The Morgan fingerprint density at radius 1 is 0.933 bits per heavy atom. The van der Waals surface area contributed by atoms with Gasteiger partial charge in [0, 0.05) is 6.92 Å². The summed E-state index contributed by atoms with van der Waals surface area (Å²) < 4.78 is 13.5. The molecule has 0 unspecified atom stereocenters. The Hall–Kier alpha value is -3.85. The Morgan fingerprint density at radius 2 is 1.70 bits per heavy atom. The first-order chi connectivity index (χ1) is 14.5. The molecule has 0 aliphatic rings. The zero-order valence-corrected chi connectivity index (χ0v) is 16.7. The number of anilines is 2. The van der Waals surface area contributed by atoms with Gasteiger partial charge in [0.25, 0.3) is 5.91 Å². The molecule has 0 atom stereocenters. The van der Waals surface area contributed by atoms with Gasteiger partial charge in [-0.25, -0.2) is 4.79 Å².